The first-order chi connectivity index (χ1) is 3.13. The number of carbonyl (C=O) groups excluding carboxylic acids is 1. The first-order valence-electron chi connectivity index (χ1n) is 2.10. The van der Waals surface area contributed by atoms with Gasteiger partial charge in [0.1, 0.15) is 0 Å². The largest absolute Gasteiger partial charge is 0.341 e. The zero-order valence-electron chi connectivity index (χ0n) is 4.39. The fourth-order valence-electron chi connectivity index (χ4n) is 0.236. The zero-order valence-corrected chi connectivity index (χ0v) is 5.21. The molecule has 0 unspecified atom stereocenters. The number of nitrogens with one attached hydrogen (secondary N) is 1. The van der Waals surface area contributed by atoms with Crippen molar-refractivity contribution in [3.63, 3.8) is 0 Å². The normalized spacial score (nSPS) is 9.00. The van der Waals surface area contributed by atoms with Crippen LogP contribution < -0.4 is 5.32 Å². The van der Waals surface area contributed by atoms with Gasteiger partial charge in [-0.15, -0.1) is 0 Å². The Labute approximate surface area is 48.7 Å². The van der Waals surface area contributed by atoms with E-state index in [1.807, 2.05) is 13.8 Å². The Morgan fingerprint density at radius 3 is 2.14 bits per heavy atom. The predicted molar refractivity (Wildman–Crippen MR) is 31.3 cm³/mol. The van der Waals surface area contributed by atoms with Crippen molar-refractivity contribution in [1.29, 1.82) is 0 Å². The third-order valence-electron chi connectivity index (χ3n) is 0.407. The van der Waals surface area contributed by atoms with Crippen LogP contribution in [0.4, 0.5) is 4.79 Å². The minimum Gasteiger partial charge on any atom is -0.341 e. The summed E-state index contributed by atoms with van der Waals surface area (Å²) in [5, 5.41) is 2.10. The lowest BCUT2D eigenvalue weighted by Gasteiger charge is -2.00. The summed E-state index contributed by atoms with van der Waals surface area (Å²) in [5.74, 6) is 0. The molecule has 0 aromatic rings. The predicted octanol–water partition coefficient (Wildman–Crippen LogP) is 1.30. The topological polar surface area (TPSA) is 29.1 Å². The molecule has 0 aliphatic rings. The lowest BCUT2D eigenvalue weighted by molar-refractivity contribution is 0.259. The molecule has 0 saturated heterocycles. The van der Waals surface area contributed by atoms with E-state index in [-0.39, 0.29) is 11.3 Å². The Kier molecular flexibility index (Phi) is 2.67. The fraction of sp³-hybridized carbons (Fsp3) is 0.750. The van der Waals surface area contributed by atoms with Gasteiger partial charge in [-0.1, -0.05) is 0 Å². The van der Waals surface area contributed by atoms with Gasteiger partial charge in [0.25, 0.3) is 0 Å². The molecule has 7 heavy (non-hydrogen) atoms. The first kappa shape index (κ1) is 6.69. The zero-order chi connectivity index (χ0) is 5.86. The second-order valence-electron chi connectivity index (χ2n) is 1.59. The van der Waals surface area contributed by atoms with Crippen molar-refractivity contribution >= 4 is 17.9 Å². The van der Waals surface area contributed by atoms with Crippen molar-refractivity contribution in [3.8, 4) is 0 Å². The van der Waals surface area contributed by atoms with E-state index in [4.69, 9.17) is 0 Å². The van der Waals surface area contributed by atoms with Gasteiger partial charge in [-0.25, -0.2) is 0 Å². The van der Waals surface area contributed by atoms with Gasteiger partial charge in [0.2, 0.25) is 0 Å². The Morgan fingerprint density at radius 2 is 2.14 bits per heavy atom. The molecule has 0 aromatic carbocycles. The fourth-order valence-corrected chi connectivity index (χ4v) is 0.471. The quantitative estimate of drug-likeness (QED) is 0.552. The minimum atomic E-state index is -0.380. The lowest BCUT2D eigenvalue weighted by Crippen LogP contribution is -2.24. The summed E-state index contributed by atoms with van der Waals surface area (Å²) in [5.41, 5.74) is 0. The maximum atomic E-state index is 9.96. The molecule has 0 aliphatic carbocycles. The molecule has 1 amide bonds. The second-order valence-corrected chi connectivity index (χ2v) is 1.96. The van der Waals surface area contributed by atoms with Gasteiger partial charge < -0.3 is 5.32 Å². The monoisotopic (exact) mass is 118 g/mol. The molecule has 0 atom stereocenters. The number of hydrogen-bond donors (Lipinski definition) is 1. The molecule has 0 fully saturated rings. The summed E-state index contributed by atoms with van der Waals surface area (Å²) in [7, 11) is 0. The molecular weight excluding hydrogens is 110 g/mol. The van der Waals surface area contributed by atoms with Crippen LogP contribution in [0.1, 0.15) is 13.8 Å². The minimum absolute atomic E-state index is 0.171. The molecule has 0 spiro atoms. The Morgan fingerprint density at radius 1 is 1.71 bits per heavy atom. The molecule has 2 nitrogen and oxygen atoms in total. The van der Waals surface area contributed by atoms with Crippen molar-refractivity contribution in [2.24, 2.45) is 0 Å². The van der Waals surface area contributed by atoms with Gasteiger partial charge in [0.05, 0.1) is 0 Å². The Bertz CT molecular complexity index is 72.1. The van der Waals surface area contributed by atoms with Crippen molar-refractivity contribution in [2.75, 3.05) is 0 Å². The van der Waals surface area contributed by atoms with Crippen LogP contribution in [-0.2, 0) is 0 Å². The van der Waals surface area contributed by atoms with Crippen molar-refractivity contribution < 1.29 is 4.79 Å². The van der Waals surface area contributed by atoms with Crippen LogP contribution in [0.3, 0.4) is 0 Å². The number of amides is 1. The van der Waals surface area contributed by atoms with E-state index >= 15 is 0 Å². The van der Waals surface area contributed by atoms with E-state index < -0.39 is 0 Å². The van der Waals surface area contributed by atoms with E-state index in [1.165, 1.54) is 0 Å². The van der Waals surface area contributed by atoms with Crippen molar-refractivity contribution in [2.45, 2.75) is 19.9 Å². The Balaban J connectivity index is 3.13. The van der Waals surface area contributed by atoms with Crippen LogP contribution in [0.15, 0.2) is 0 Å². The van der Waals surface area contributed by atoms with Gasteiger partial charge in [-0.05, 0) is 26.5 Å². The summed E-state index contributed by atoms with van der Waals surface area (Å²) in [6, 6.07) is 0.171. The number of hydrogen-bond acceptors (Lipinski definition) is 1. The molecule has 0 heterocycles. The Hall–Kier alpha value is -0.310. The summed E-state index contributed by atoms with van der Waals surface area (Å²) in [4.78, 5) is 9.96. The van der Waals surface area contributed by atoms with Crippen LogP contribution in [-0.4, -0.2) is 11.3 Å². The summed E-state index contributed by atoms with van der Waals surface area (Å²) in [6.07, 6.45) is 0. The summed E-state index contributed by atoms with van der Waals surface area (Å²) >= 11 is 4.21. The summed E-state index contributed by atoms with van der Waals surface area (Å²) < 4.78 is 0. The first-order valence-corrected chi connectivity index (χ1v) is 2.51. The molecule has 3 heteroatoms. The molecule has 0 bridgehead atoms. The molecular formula is C4H8NOS. The van der Waals surface area contributed by atoms with E-state index in [0.717, 1.165) is 0 Å². The molecule has 0 aromatic heterocycles. The molecule has 0 rings (SSSR count). The van der Waals surface area contributed by atoms with Crippen molar-refractivity contribution in [3.05, 3.63) is 0 Å². The number of carbonyl (C=O) groups is 1. The van der Waals surface area contributed by atoms with E-state index in [0.29, 0.717) is 0 Å². The van der Waals surface area contributed by atoms with Gasteiger partial charge in [-0.2, -0.15) is 0 Å². The molecule has 41 valence electrons. The van der Waals surface area contributed by atoms with Crippen LogP contribution in [0.2, 0.25) is 0 Å². The number of rotatable bonds is 1. The van der Waals surface area contributed by atoms with E-state index in [2.05, 4.69) is 17.9 Å². The maximum absolute atomic E-state index is 9.96. The highest BCUT2D eigenvalue weighted by atomic mass is 32.1. The average Bonchev–Trinajstić information content (AvgIpc) is 1.27. The van der Waals surface area contributed by atoms with Crippen LogP contribution in [0, 0.1) is 0 Å². The van der Waals surface area contributed by atoms with Gasteiger partial charge in [0, 0.05) is 6.04 Å². The highest BCUT2D eigenvalue weighted by Crippen LogP contribution is 1.80. The third kappa shape index (κ3) is 5.69. The molecule has 0 aliphatic heterocycles. The smallest absolute Gasteiger partial charge is 0.310 e. The highest BCUT2D eigenvalue weighted by Gasteiger charge is 1.93. The molecule has 0 saturated carbocycles. The van der Waals surface area contributed by atoms with Crippen LogP contribution in [0.25, 0.3) is 0 Å². The lowest BCUT2D eigenvalue weighted by atomic mass is 10.4. The van der Waals surface area contributed by atoms with Crippen LogP contribution in [0.5, 0.6) is 0 Å². The van der Waals surface area contributed by atoms with Crippen molar-refractivity contribution in [1.82, 2.24) is 5.32 Å². The van der Waals surface area contributed by atoms with E-state index in [9.17, 15) is 4.79 Å². The van der Waals surface area contributed by atoms with Gasteiger partial charge >= 0.3 is 5.24 Å². The maximum Gasteiger partial charge on any atom is 0.310 e. The third-order valence-corrected chi connectivity index (χ3v) is 0.524. The second kappa shape index (κ2) is 2.80. The van der Waals surface area contributed by atoms with Crippen LogP contribution >= 0.6 is 12.6 Å². The van der Waals surface area contributed by atoms with E-state index in [1.54, 1.807) is 0 Å². The average molecular weight is 118 g/mol. The standard InChI is InChI=1S/C4H8NOS/c1-3(2)5-4(6)7/h3H,1-2H3,(H,5,6). The van der Waals surface area contributed by atoms with Gasteiger partial charge in [-0.3, -0.25) is 4.79 Å². The highest BCUT2D eigenvalue weighted by molar-refractivity contribution is 7.96. The molecule has 1 radical (unpaired) electrons. The molecule has 1 N–H and O–H groups in total. The SMILES string of the molecule is CC(C)NC(=O)[S]. The van der Waals surface area contributed by atoms with Gasteiger partial charge in [0.15, 0.2) is 0 Å². The summed E-state index contributed by atoms with van der Waals surface area (Å²) in [6.45, 7) is 3.73.